The Morgan fingerprint density at radius 1 is 1.26 bits per heavy atom. The molecule has 0 bridgehead atoms. The number of hydrogen-bond donors (Lipinski definition) is 1. The molecular weight excluding hydrogens is 241 g/mol. The Bertz CT molecular complexity index is 360. The SMILES string of the molecule is CCCNC(CC1CCOCC1)c1ccc(F)cc1. The molecule has 106 valence electrons. The van der Waals surface area contributed by atoms with E-state index in [9.17, 15) is 4.39 Å². The first-order valence-electron chi connectivity index (χ1n) is 7.36. The molecule has 1 atom stereocenters. The van der Waals surface area contributed by atoms with Gasteiger partial charge in [-0.1, -0.05) is 19.1 Å². The molecule has 1 aliphatic heterocycles. The fourth-order valence-electron chi connectivity index (χ4n) is 2.67. The van der Waals surface area contributed by atoms with E-state index in [-0.39, 0.29) is 5.82 Å². The van der Waals surface area contributed by atoms with Crippen molar-refractivity contribution >= 4 is 0 Å². The molecule has 0 spiro atoms. The Balaban J connectivity index is 1.99. The lowest BCUT2D eigenvalue weighted by atomic mass is 9.89. The molecule has 0 aliphatic carbocycles. The van der Waals surface area contributed by atoms with Crippen LogP contribution in [0.5, 0.6) is 0 Å². The van der Waals surface area contributed by atoms with E-state index in [1.165, 1.54) is 5.56 Å². The van der Waals surface area contributed by atoms with Crippen LogP contribution in [0.4, 0.5) is 4.39 Å². The van der Waals surface area contributed by atoms with Crippen molar-refractivity contribution < 1.29 is 9.13 Å². The van der Waals surface area contributed by atoms with Gasteiger partial charge in [-0.2, -0.15) is 0 Å². The Morgan fingerprint density at radius 3 is 2.58 bits per heavy atom. The molecule has 0 radical (unpaired) electrons. The fraction of sp³-hybridized carbons (Fsp3) is 0.625. The van der Waals surface area contributed by atoms with E-state index in [1.54, 1.807) is 12.1 Å². The highest BCUT2D eigenvalue weighted by Gasteiger charge is 2.20. The van der Waals surface area contributed by atoms with Crippen molar-refractivity contribution in [2.45, 2.75) is 38.6 Å². The van der Waals surface area contributed by atoms with Gasteiger partial charge in [0.25, 0.3) is 0 Å². The summed E-state index contributed by atoms with van der Waals surface area (Å²) < 4.78 is 18.4. The van der Waals surface area contributed by atoms with Crippen molar-refractivity contribution in [3.63, 3.8) is 0 Å². The highest BCUT2D eigenvalue weighted by atomic mass is 19.1. The van der Waals surface area contributed by atoms with Crippen molar-refractivity contribution in [3.8, 4) is 0 Å². The largest absolute Gasteiger partial charge is 0.381 e. The van der Waals surface area contributed by atoms with E-state index < -0.39 is 0 Å². The summed E-state index contributed by atoms with van der Waals surface area (Å²) in [5.74, 6) is 0.553. The molecule has 1 aromatic carbocycles. The summed E-state index contributed by atoms with van der Waals surface area (Å²) in [6.07, 6.45) is 4.53. The lowest BCUT2D eigenvalue weighted by molar-refractivity contribution is 0.0605. The minimum absolute atomic E-state index is 0.163. The van der Waals surface area contributed by atoms with Gasteiger partial charge in [-0.05, 0) is 55.8 Å². The zero-order valence-electron chi connectivity index (χ0n) is 11.7. The predicted octanol–water partition coefficient (Wildman–Crippen LogP) is 3.68. The summed E-state index contributed by atoms with van der Waals surface area (Å²) in [7, 11) is 0. The molecular formula is C16H24FNO. The Labute approximate surface area is 115 Å². The van der Waals surface area contributed by atoms with Crippen molar-refractivity contribution in [2.24, 2.45) is 5.92 Å². The molecule has 1 heterocycles. The van der Waals surface area contributed by atoms with E-state index in [0.717, 1.165) is 45.4 Å². The van der Waals surface area contributed by atoms with Crippen molar-refractivity contribution in [2.75, 3.05) is 19.8 Å². The normalized spacial score (nSPS) is 18.4. The number of nitrogens with one attached hydrogen (secondary N) is 1. The number of rotatable bonds is 6. The van der Waals surface area contributed by atoms with Gasteiger partial charge in [0.2, 0.25) is 0 Å². The lowest BCUT2D eigenvalue weighted by Gasteiger charge is -2.27. The van der Waals surface area contributed by atoms with Gasteiger partial charge in [0, 0.05) is 19.3 Å². The lowest BCUT2D eigenvalue weighted by Crippen LogP contribution is -2.27. The number of hydrogen-bond acceptors (Lipinski definition) is 2. The summed E-state index contributed by atoms with van der Waals surface area (Å²) in [5, 5.41) is 3.59. The number of halogens is 1. The second kappa shape index (κ2) is 7.61. The molecule has 2 rings (SSSR count). The first kappa shape index (κ1) is 14.5. The molecule has 0 amide bonds. The summed E-state index contributed by atoms with van der Waals surface area (Å²) in [6, 6.07) is 7.26. The molecule has 1 N–H and O–H groups in total. The third kappa shape index (κ3) is 4.59. The quantitative estimate of drug-likeness (QED) is 0.847. The van der Waals surface area contributed by atoms with Crippen molar-refractivity contribution in [3.05, 3.63) is 35.6 Å². The molecule has 2 nitrogen and oxygen atoms in total. The number of ether oxygens (including phenoxy) is 1. The van der Waals surface area contributed by atoms with Gasteiger partial charge >= 0.3 is 0 Å². The minimum Gasteiger partial charge on any atom is -0.381 e. The highest BCUT2D eigenvalue weighted by Crippen LogP contribution is 2.27. The summed E-state index contributed by atoms with van der Waals surface area (Å²) in [5.41, 5.74) is 1.20. The topological polar surface area (TPSA) is 21.3 Å². The first-order valence-corrected chi connectivity index (χ1v) is 7.36. The Morgan fingerprint density at radius 2 is 1.95 bits per heavy atom. The van der Waals surface area contributed by atoms with Crippen molar-refractivity contribution in [1.82, 2.24) is 5.32 Å². The smallest absolute Gasteiger partial charge is 0.123 e. The Hall–Kier alpha value is -0.930. The molecule has 19 heavy (non-hydrogen) atoms. The van der Waals surface area contributed by atoms with Gasteiger partial charge in [0.05, 0.1) is 0 Å². The van der Waals surface area contributed by atoms with Crippen LogP contribution in [0.15, 0.2) is 24.3 Å². The van der Waals surface area contributed by atoms with Crippen LogP contribution >= 0.6 is 0 Å². The van der Waals surface area contributed by atoms with Crippen LogP contribution in [0.25, 0.3) is 0 Å². The van der Waals surface area contributed by atoms with Crippen LogP contribution in [-0.2, 0) is 4.74 Å². The summed E-state index contributed by atoms with van der Waals surface area (Å²) >= 11 is 0. The van der Waals surface area contributed by atoms with Gasteiger partial charge < -0.3 is 10.1 Å². The van der Waals surface area contributed by atoms with Crippen LogP contribution in [0.2, 0.25) is 0 Å². The summed E-state index contributed by atoms with van der Waals surface area (Å²) in [6.45, 7) is 4.94. The molecule has 3 heteroatoms. The average molecular weight is 265 g/mol. The van der Waals surface area contributed by atoms with E-state index in [4.69, 9.17) is 4.74 Å². The second-order valence-corrected chi connectivity index (χ2v) is 5.35. The van der Waals surface area contributed by atoms with Crippen LogP contribution in [0.1, 0.15) is 44.2 Å². The predicted molar refractivity (Wildman–Crippen MR) is 75.6 cm³/mol. The van der Waals surface area contributed by atoms with Gasteiger partial charge in [-0.15, -0.1) is 0 Å². The second-order valence-electron chi connectivity index (χ2n) is 5.35. The van der Waals surface area contributed by atoms with Crippen LogP contribution in [0, 0.1) is 11.7 Å². The molecule has 0 saturated carbocycles. The maximum Gasteiger partial charge on any atom is 0.123 e. The summed E-state index contributed by atoms with van der Waals surface area (Å²) in [4.78, 5) is 0. The van der Waals surface area contributed by atoms with E-state index in [1.807, 2.05) is 12.1 Å². The van der Waals surface area contributed by atoms with Crippen LogP contribution < -0.4 is 5.32 Å². The number of benzene rings is 1. The van der Waals surface area contributed by atoms with E-state index >= 15 is 0 Å². The van der Waals surface area contributed by atoms with Gasteiger partial charge in [0.1, 0.15) is 5.82 Å². The van der Waals surface area contributed by atoms with E-state index in [0.29, 0.717) is 12.0 Å². The molecule has 1 fully saturated rings. The van der Waals surface area contributed by atoms with Crippen LogP contribution in [-0.4, -0.2) is 19.8 Å². The maximum absolute atomic E-state index is 13.0. The molecule has 1 saturated heterocycles. The molecule has 1 aromatic rings. The highest BCUT2D eigenvalue weighted by molar-refractivity contribution is 5.20. The minimum atomic E-state index is -0.163. The van der Waals surface area contributed by atoms with Crippen molar-refractivity contribution in [1.29, 1.82) is 0 Å². The van der Waals surface area contributed by atoms with Gasteiger partial charge in [0.15, 0.2) is 0 Å². The molecule has 0 aromatic heterocycles. The Kier molecular flexibility index (Phi) is 5.80. The van der Waals surface area contributed by atoms with Gasteiger partial charge in [-0.3, -0.25) is 0 Å². The van der Waals surface area contributed by atoms with E-state index in [2.05, 4.69) is 12.2 Å². The molecule has 1 aliphatic rings. The molecule has 1 unspecified atom stereocenters. The first-order chi connectivity index (χ1) is 9.29. The zero-order chi connectivity index (χ0) is 13.5. The van der Waals surface area contributed by atoms with Gasteiger partial charge in [-0.25, -0.2) is 4.39 Å². The monoisotopic (exact) mass is 265 g/mol. The average Bonchev–Trinajstić information content (AvgIpc) is 2.45. The standard InChI is InChI=1S/C16H24FNO/c1-2-9-18-16(12-13-7-10-19-11-8-13)14-3-5-15(17)6-4-14/h3-6,13,16,18H,2,7-12H2,1H3. The fourth-order valence-corrected chi connectivity index (χ4v) is 2.67. The third-order valence-electron chi connectivity index (χ3n) is 3.82. The maximum atomic E-state index is 13.0. The van der Waals surface area contributed by atoms with Crippen LogP contribution in [0.3, 0.4) is 0 Å². The zero-order valence-corrected chi connectivity index (χ0v) is 11.7. The third-order valence-corrected chi connectivity index (χ3v) is 3.82.